The lowest BCUT2D eigenvalue weighted by Crippen LogP contribution is -2.55. The van der Waals surface area contributed by atoms with Gasteiger partial charge in [-0.25, -0.2) is 0 Å². The van der Waals surface area contributed by atoms with Crippen LogP contribution in [0, 0.1) is 11.3 Å². The molecule has 2 atom stereocenters. The smallest absolute Gasteiger partial charge is 0.243 e. The zero-order valence-corrected chi connectivity index (χ0v) is 14.5. The highest BCUT2D eigenvalue weighted by Crippen LogP contribution is 2.25. The highest BCUT2D eigenvalue weighted by atomic mass is 16.2. The minimum atomic E-state index is -0.579. The minimum Gasteiger partial charge on any atom is -0.357 e. The third-order valence-electron chi connectivity index (χ3n) is 3.95. The van der Waals surface area contributed by atoms with E-state index in [0.29, 0.717) is 13.0 Å². The van der Waals surface area contributed by atoms with Gasteiger partial charge in [0.05, 0.1) is 0 Å². The average Bonchev–Trinajstić information content (AvgIpc) is 2.90. The van der Waals surface area contributed by atoms with Crippen molar-refractivity contribution in [2.24, 2.45) is 11.3 Å². The van der Waals surface area contributed by atoms with Crippen LogP contribution in [-0.2, 0) is 14.4 Å². The summed E-state index contributed by atoms with van der Waals surface area (Å²) in [4.78, 5) is 38.5. The Labute approximate surface area is 133 Å². The van der Waals surface area contributed by atoms with Crippen molar-refractivity contribution in [3.8, 4) is 0 Å². The molecule has 3 amide bonds. The second kappa shape index (κ2) is 7.11. The number of rotatable bonds is 4. The maximum absolute atomic E-state index is 12.5. The number of likely N-dealkylation sites (N-methyl/N-ethyl adjacent to an activating group) is 1. The summed E-state index contributed by atoms with van der Waals surface area (Å²) in [5.41, 5.74) is -0.513. The van der Waals surface area contributed by atoms with Gasteiger partial charge in [0.15, 0.2) is 0 Å². The highest BCUT2D eigenvalue weighted by molar-refractivity contribution is 5.93. The zero-order chi connectivity index (χ0) is 17.1. The molecular weight excluding hydrogens is 282 g/mol. The summed E-state index contributed by atoms with van der Waals surface area (Å²) in [6.45, 7) is 9.92. The molecule has 0 aliphatic carbocycles. The average molecular weight is 311 g/mol. The van der Waals surface area contributed by atoms with Gasteiger partial charge in [0.2, 0.25) is 17.7 Å². The van der Waals surface area contributed by atoms with Gasteiger partial charge in [0.1, 0.15) is 12.1 Å². The van der Waals surface area contributed by atoms with Gasteiger partial charge in [-0.3, -0.25) is 14.4 Å². The Hall–Kier alpha value is -1.59. The Balaban J connectivity index is 2.83. The standard InChI is InChI=1S/C16H29N3O3/c1-10(2)12(14(21)17-6)18-13(20)11-8-7-9-19(11)15(22)16(3,4)5/h10-12H,7-9H2,1-6H3,(H,17,21)(H,18,20)/t11-,12-/m0/s1. The normalized spacial score (nSPS) is 20.0. The summed E-state index contributed by atoms with van der Waals surface area (Å²) in [5, 5.41) is 5.37. The van der Waals surface area contributed by atoms with Crippen LogP contribution >= 0.6 is 0 Å². The minimum absolute atomic E-state index is 0.0166. The molecule has 2 N–H and O–H groups in total. The molecule has 1 fully saturated rings. The number of carbonyl (C=O) groups is 3. The molecule has 0 aromatic rings. The van der Waals surface area contributed by atoms with Gasteiger partial charge in [-0.05, 0) is 18.8 Å². The predicted octanol–water partition coefficient (Wildman–Crippen LogP) is 0.910. The molecule has 6 heteroatoms. The van der Waals surface area contributed by atoms with E-state index in [1.165, 1.54) is 0 Å². The first-order valence-electron chi connectivity index (χ1n) is 7.92. The molecule has 0 bridgehead atoms. The molecule has 6 nitrogen and oxygen atoms in total. The van der Waals surface area contributed by atoms with Crippen LogP contribution in [0.25, 0.3) is 0 Å². The van der Waals surface area contributed by atoms with Crippen molar-refractivity contribution >= 4 is 17.7 Å². The molecule has 22 heavy (non-hydrogen) atoms. The summed E-state index contributed by atoms with van der Waals surface area (Å²) < 4.78 is 0. The van der Waals surface area contributed by atoms with Crippen LogP contribution in [0.15, 0.2) is 0 Å². The van der Waals surface area contributed by atoms with Crippen molar-refractivity contribution in [2.75, 3.05) is 13.6 Å². The number of hydrogen-bond donors (Lipinski definition) is 2. The van der Waals surface area contributed by atoms with Crippen molar-refractivity contribution in [3.05, 3.63) is 0 Å². The van der Waals surface area contributed by atoms with Crippen LogP contribution in [0.5, 0.6) is 0 Å². The lowest BCUT2D eigenvalue weighted by Gasteiger charge is -2.31. The fourth-order valence-corrected chi connectivity index (χ4v) is 2.65. The molecule has 1 rings (SSSR count). The quantitative estimate of drug-likeness (QED) is 0.810. The van der Waals surface area contributed by atoms with E-state index in [-0.39, 0.29) is 23.6 Å². The predicted molar refractivity (Wildman–Crippen MR) is 85.0 cm³/mol. The fraction of sp³-hybridized carbons (Fsp3) is 0.812. The second-order valence-electron chi connectivity index (χ2n) is 7.25. The Kier molecular flexibility index (Phi) is 5.97. The van der Waals surface area contributed by atoms with E-state index < -0.39 is 17.5 Å². The van der Waals surface area contributed by atoms with E-state index in [2.05, 4.69) is 10.6 Å². The van der Waals surface area contributed by atoms with Gasteiger partial charge in [-0.1, -0.05) is 34.6 Å². The fourth-order valence-electron chi connectivity index (χ4n) is 2.65. The Bertz CT molecular complexity index is 440. The molecule has 0 saturated carbocycles. The van der Waals surface area contributed by atoms with E-state index in [1.807, 2.05) is 34.6 Å². The van der Waals surface area contributed by atoms with E-state index >= 15 is 0 Å². The largest absolute Gasteiger partial charge is 0.357 e. The molecule has 0 radical (unpaired) electrons. The van der Waals surface area contributed by atoms with Crippen LogP contribution in [0.1, 0.15) is 47.5 Å². The molecule has 0 aromatic carbocycles. The van der Waals surface area contributed by atoms with Crippen LogP contribution in [-0.4, -0.2) is 48.3 Å². The van der Waals surface area contributed by atoms with Crippen molar-refractivity contribution in [3.63, 3.8) is 0 Å². The Morgan fingerprint density at radius 3 is 2.23 bits per heavy atom. The molecule has 0 unspecified atom stereocenters. The third-order valence-corrected chi connectivity index (χ3v) is 3.95. The molecule has 1 aliphatic rings. The summed E-state index contributed by atoms with van der Waals surface area (Å²) in [6.07, 6.45) is 1.46. The maximum atomic E-state index is 12.5. The van der Waals surface area contributed by atoms with E-state index in [4.69, 9.17) is 0 Å². The van der Waals surface area contributed by atoms with Gasteiger partial charge < -0.3 is 15.5 Å². The van der Waals surface area contributed by atoms with Crippen molar-refractivity contribution in [1.29, 1.82) is 0 Å². The number of nitrogens with one attached hydrogen (secondary N) is 2. The van der Waals surface area contributed by atoms with E-state index in [0.717, 1.165) is 6.42 Å². The topological polar surface area (TPSA) is 78.5 Å². The Morgan fingerprint density at radius 2 is 1.77 bits per heavy atom. The molecule has 1 heterocycles. The monoisotopic (exact) mass is 311 g/mol. The Morgan fingerprint density at radius 1 is 1.18 bits per heavy atom. The van der Waals surface area contributed by atoms with Gasteiger partial charge in [-0.2, -0.15) is 0 Å². The van der Waals surface area contributed by atoms with Gasteiger partial charge >= 0.3 is 0 Å². The van der Waals surface area contributed by atoms with Gasteiger partial charge in [-0.15, -0.1) is 0 Å². The molecule has 0 spiro atoms. The lowest BCUT2D eigenvalue weighted by molar-refractivity contribution is -0.145. The van der Waals surface area contributed by atoms with Crippen LogP contribution in [0.4, 0.5) is 0 Å². The number of amides is 3. The lowest BCUT2D eigenvalue weighted by atomic mass is 9.94. The molecule has 0 aromatic heterocycles. The van der Waals surface area contributed by atoms with Crippen molar-refractivity contribution in [2.45, 2.75) is 59.5 Å². The summed E-state index contributed by atoms with van der Waals surface area (Å²) in [7, 11) is 1.55. The van der Waals surface area contributed by atoms with Crippen LogP contribution in [0.2, 0.25) is 0 Å². The van der Waals surface area contributed by atoms with Crippen molar-refractivity contribution < 1.29 is 14.4 Å². The number of likely N-dealkylation sites (tertiary alicyclic amines) is 1. The molecule has 1 aliphatic heterocycles. The molecule has 1 saturated heterocycles. The zero-order valence-electron chi connectivity index (χ0n) is 14.5. The first-order chi connectivity index (χ1) is 10.1. The van der Waals surface area contributed by atoms with Crippen LogP contribution < -0.4 is 10.6 Å². The number of carbonyl (C=O) groups excluding carboxylic acids is 3. The van der Waals surface area contributed by atoms with Gasteiger partial charge in [0, 0.05) is 19.0 Å². The van der Waals surface area contributed by atoms with Crippen molar-refractivity contribution in [1.82, 2.24) is 15.5 Å². The third kappa shape index (κ3) is 4.21. The first-order valence-corrected chi connectivity index (χ1v) is 7.92. The first kappa shape index (κ1) is 18.5. The van der Waals surface area contributed by atoms with E-state index in [9.17, 15) is 14.4 Å². The second-order valence-corrected chi connectivity index (χ2v) is 7.25. The summed E-state index contributed by atoms with van der Waals surface area (Å²) >= 11 is 0. The maximum Gasteiger partial charge on any atom is 0.243 e. The molecule has 126 valence electrons. The SMILES string of the molecule is CNC(=O)[C@@H](NC(=O)[C@@H]1CCCN1C(=O)C(C)(C)C)C(C)C. The van der Waals surface area contributed by atoms with E-state index in [1.54, 1.807) is 11.9 Å². The summed E-state index contributed by atoms with van der Waals surface area (Å²) in [5.74, 6) is -0.490. The highest BCUT2D eigenvalue weighted by Gasteiger charge is 2.39. The number of nitrogens with zero attached hydrogens (tertiary/aromatic N) is 1. The number of hydrogen-bond acceptors (Lipinski definition) is 3. The van der Waals surface area contributed by atoms with Crippen LogP contribution in [0.3, 0.4) is 0 Å². The van der Waals surface area contributed by atoms with Gasteiger partial charge in [0.25, 0.3) is 0 Å². The molecular formula is C16H29N3O3. The summed E-state index contributed by atoms with van der Waals surface area (Å²) in [6, 6.07) is -1.05.